The number of hydrogen-bond acceptors (Lipinski definition) is 6. The average molecular weight is 361 g/mol. The van der Waals surface area contributed by atoms with E-state index in [0.29, 0.717) is 5.57 Å². The minimum absolute atomic E-state index is 0.0831. The number of anilines is 1. The fraction of sp³-hybridized carbons (Fsp3) is 0.350. The molecule has 1 aliphatic carbocycles. The maximum atomic E-state index is 9.96. The number of nitrogens with two attached hydrogens (primary N) is 1. The van der Waals surface area contributed by atoms with Gasteiger partial charge in [-0.2, -0.15) is 27.5 Å². The first-order valence-corrected chi connectivity index (χ1v) is 9.44. The zero-order valence-corrected chi connectivity index (χ0v) is 15.5. The number of allylic oxidation sites excluding steroid dienone is 3. The predicted octanol–water partition coefficient (Wildman–Crippen LogP) is 2.91. The fourth-order valence-electron chi connectivity index (χ4n) is 3.84. The molecule has 2 atom stereocenters. The topological polar surface area (TPSA) is 101 Å². The monoisotopic (exact) mass is 361 g/mol. The molecule has 5 nitrogen and oxygen atoms in total. The van der Waals surface area contributed by atoms with Crippen LogP contribution in [0.1, 0.15) is 11.5 Å². The van der Waals surface area contributed by atoms with Gasteiger partial charge in [0.25, 0.3) is 0 Å². The summed E-state index contributed by atoms with van der Waals surface area (Å²) in [6, 6.07) is 14.3. The molecule has 0 fully saturated rings. The Morgan fingerprint density at radius 1 is 1.15 bits per heavy atom. The molecule has 0 saturated heterocycles. The summed E-state index contributed by atoms with van der Waals surface area (Å²) in [5, 5.41) is 29.5. The highest BCUT2D eigenvalue weighted by molar-refractivity contribution is 7.99. The van der Waals surface area contributed by atoms with Crippen molar-refractivity contribution in [2.45, 2.75) is 5.92 Å². The van der Waals surface area contributed by atoms with Crippen LogP contribution >= 0.6 is 11.8 Å². The van der Waals surface area contributed by atoms with Crippen LogP contribution in [-0.4, -0.2) is 25.6 Å². The van der Waals surface area contributed by atoms with Crippen molar-refractivity contribution < 1.29 is 0 Å². The van der Waals surface area contributed by atoms with Crippen LogP contribution in [0, 0.1) is 45.3 Å². The Hall–Kier alpha value is -2.88. The minimum Gasteiger partial charge on any atom is -0.399 e. The van der Waals surface area contributed by atoms with Crippen molar-refractivity contribution in [3.8, 4) is 18.2 Å². The van der Waals surface area contributed by atoms with Gasteiger partial charge in [-0.05, 0) is 23.3 Å². The Balaban J connectivity index is 2.25. The minimum atomic E-state index is -1.54. The molecule has 0 bridgehead atoms. The van der Waals surface area contributed by atoms with E-state index in [9.17, 15) is 15.8 Å². The fourth-order valence-corrected chi connectivity index (χ4v) is 4.90. The van der Waals surface area contributed by atoms with Crippen LogP contribution < -0.4 is 10.6 Å². The van der Waals surface area contributed by atoms with Gasteiger partial charge < -0.3 is 10.6 Å². The maximum absolute atomic E-state index is 9.96. The summed E-state index contributed by atoms with van der Waals surface area (Å²) >= 11 is 1.75. The van der Waals surface area contributed by atoms with Crippen LogP contribution in [0.3, 0.4) is 0 Å². The van der Waals surface area contributed by atoms with Crippen molar-refractivity contribution >= 4 is 17.4 Å². The molecule has 1 heterocycles. The number of hydrogen-bond donors (Lipinski definition) is 1. The molecule has 0 spiro atoms. The van der Waals surface area contributed by atoms with Crippen molar-refractivity contribution in [2.24, 2.45) is 17.1 Å². The zero-order chi connectivity index (χ0) is 18.9. The Morgan fingerprint density at radius 2 is 1.81 bits per heavy atom. The summed E-state index contributed by atoms with van der Waals surface area (Å²) in [6.07, 6.45) is 2.02. The van der Waals surface area contributed by atoms with Crippen molar-refractivity contribution in [1.29, 1.82) is 15.8 Å². The number of nitrogens with zero attached hydrogens (tertiary/aromatic N) is 4. The third kappa shape index (κ3) is 2.53. The van der Waals surface area contributed by atoms with Gasteiger partial charge in [0.2, 0.25) is 0 Å². The van der Waals surface area contributed by atoms with Crippen LogP contribution in [0.15, 0.2) is 47.2 Å². The highest BCUT2D eigenvalue weighted by atomic mass is 32.2. The highest BCUT2D eigenvalue weighted by Gasteiger charge is 2.53. The summed E-state index contributed by atoms with van der Waals surface area (Å²) < 4.78 is 0. The van der Waals surface area contributed by atoms with Crippen LogP contribution in [0.2, 0.25) is 0 Å². The van der Waals surface area contributed by atoms with Crippen LogP contribution in [0.25, 0.3) is 0 Å². The number of nitriles is 3. The molecule has 0 amide bonds. The largest absolute Gasteiger partial charge is 0.399 e. The lowest BCUT2D eigenvalue weighted by molar-refractivity contribution is 0.368. The third-order valence-corrected chi connectivity index (χ3v) is 6.20. The molecule has 3 rings (SSSR count). The molecular weight excluding hydrogens is 342 g/mol. The lowest BCUT2D eigenvalue weighted by Crippen LogP contribution is -2.43. The van der Waals surface area contributed by atoms with E-state index in [-0.39, 0.29) is 11.6 Å². The third-order valence-electron chi connectivity index (χ3n) is 5.20. The summed E-state index contributed by atoms with van der Waals surface area (Å²) in [5.41, 5.74) is 7.93. The molecule has 6 heteroatoms. The van der Waals surface area contributed by atoms with Gasteiger partial charge in [-0.25, -0.2) is 0 Å². The molecule has 130 valence electrons. The molecule has 1 aliphatic heterocycles. The Morgan fingerprint density at radius 3 is 2.35 bits per heavy atom. The Bertz CT molecular complexity index is 891. The summed E-state index contributed by atoms with van der Waals surface area (Å²) in [7, 11) is 3.92. The van der Waals surface area contributed by atoms with Gasteiger partial charge in [-0.1, -0.05) is 18.2 Å². The molecule has 0 saturated carbocycles. The number of rotatable bonds is 2. The quantitative estimate of drug-likeness (QED) is 0.869. The average Bonchev–Trinajstić information content (AvgIpc) is 2.67. The lowest BCUT2D eigenvalue weighted by atomic mass is 9.59. The van der Waals surface area contributed by atoms with Crippen molar-refractivity contribution in [1.82, 2.24) is 0 Å². The molecule has 1 aromatic carbocycles. The van der Waals surface area contributed by atoms with Gasteiger partial charge >= 0.3 is 0 Å². The lowest BCUT2D eigenvalue weighted by Gasteiger charge is -2.43. The van der Waals surface area contributed by atoms with Gasteiger partial charge in [-0.15, -0.1) is 0 Å². The second kappa shape index (κ2) is 6.79. The van der Waals surface area contributed by atoms with Gasteiger partial charge in [-0.3, -0.25) is 0 Å². The molecule has 2 N–H and O–H groups in total. The summed E-state index contributed by atoms with van der Waals surface area (Å²) in [5.74, 6) is 1.09. The van der Waals surface area contributed by atoms with Crippen molar-refractivity contribution in [2.75, 3.05) is 30.5 Å². The van der Waals surface area contributed by atoms with E-state index < -0.39 is 11.3 Å². The maximum Gasteiger partial charge on any atom is 0.191 e. The van der Waals surface area contributed by atoms with E-state index in [1.165, 1.54) is 0 Å². The standard InChI is InChI=1S/C20H19N5S/c1-25(2)14-5-3-13(4-6-14)18-17-10-26-8-7-15(17)16(9-21)19(24)20(18,11-22)12-23/h3-7,17-18H,8,10,24H2,1-2H3. The van der Waals surface area contributed by atoms with Crippen LogP contribution in [0.5, 0.6) is 0 Å². The molecule has 2 unspecified atom stereocenters. The van der Waals surface area contributed by atoms with Crippen molar-refractivity contribution in [3.63, 3.8) is 0 Å². The molecular formula is C20H19N5S. The summed E-state index contributed by atoms with van der Waals surface area (Å²) in [6.45, 7) is 0. The predicted molar refractivity (Wildman–Crippen MR) is 103 cm³/mol. The van der Waals surface area contributed by atoms with E-state index in [2.05, 4.69) is 18.2 Å². The van der Waals surface area contributed by atoms with Gasteiger partial charge in [0, 0.05) is 43.1 Å². The van der Waals surface area contributed by atoms with Crippen molar-refractivity contribution in [3.05, 3.63) is 52.7 Å². The molecule has 1 aromatic rings. The van der Waals surface area contributed by atoms with Gasteiger partial charge in [0.15, 0.2) is 5.41 Å². The first kappa shape index (κ1) is 17.9. The Labute approximate surface area is 158 Å². The van der Waals surface area contributed by atoms with Crippen LogP contribution in [0.4, 0.5) is 5.69 Å². The van der Waals surface area contributed by atoms with E-state index >= 15 is 0 Å². The second-order valence-corrected chi connectivity index (χ2v) is 7.77. The van der Waals surface area contributed by atoms with E-state index in [0.717, 1.165) is 28.3 Å². The highest BCUT2D eigenvalue weighted by Crippen LogP contribution is 2.55. The van der Waals surface area contributed by atoms with E-state index in [4.69, 9.17) is 5.73 Å². The van der Waals surface area contributed by atoms with E-state index in [1.54, 1.807) is 11.8 Å². The van der Waals surface area contributed by atoms with Crippen LogP contribution in [-0.2, 0) is 0 Å². The number of fused-ring (bicyclic) bond motifs is 1. The van der Waals surface area contributed by atoms with Gasteiger partial charge in [0.05, 0.1) is 23.4 Å². The Kier molecular flexibility index (Phi) is 4.68. The van der Waals surface area contributed by atoms with Gasteiger partial charge in [0.1, 0.15) is 6.07 Å². The summed E-state index contributed by atoms with van der Waals surface area (Å²) in [4.78, 5) is 2.00. The molecule has 26 heavy (non-hydrogen) atoms. The number of thioether (sulfide) groups is 1. The second-order valence-electron chi connectivity index (χ2n) is 6.70. The number of benzene rings is 1. The zero-order valence-electron chi connectivity index (χ0n) is 14.7. The SMILES string of the molecule is CN(C)c1ccc(C2C3CSCC=C3C(C#N)=C(N)C2(C#N)C#N)cc1. The first-order chi connectivity index (χ1) is 12.5. The normalized spacial score (nSPS) is 23.7. The molecule has 0 radical (unpaired) electrons. The smallest absolute Gasteiger partial charge is 0.191 e. The first-order valence-electron chi connectivity index (χ1n) is 8.28. The molecule has 2 aliphatic rings. The van der Waals surface area contributed by atoms with E-state index in [1.807, 2.05) is 49.3 Å². The molecule has 0 aromatic heterocycles.